The molecule has 4 aromatic heterocycles. The van der Waals surface area contributed by atoms with E-state index in [1.807, 2.05) is 22.8 Å². The van der Waals surface area contributed by atoms with E-state index in [-0.39, 0.29) is 12.5 Å². The van der Waals surface area contributed by atoms with Crippen LogP contribution in [0.15, 0.2) is 67.1 Å². The van der Waals surface area contributed by atoms with Crippen LogP contribution in [0.1, 0.15) is 5.56 Å². The maximum atomic E-state index is 12.4. The fraction of sp³-hybridized carbons (Fsp3) is 0.0870. The maximum Gasteiger partial charge on any atom is 0.388 e. The minimum Gasteiger partial charge on any atom is -0.415 e. The number of nitrogens with zero attached hydrogens (tertiary/aromatic N) is 6. The van der Waals surface area contributed by atoms with Gasteiger partial charge in [0.25, 0.3) is 0 Å². The van der Waals surface area contributed by atoms with Gasteiger partial charge in [-0.05, 0) is 42.0 Å². The molecule has 4 heterocycles. The van der Waals surface area contributed by atoms with E-state index in [4.69, 9.17) is 15.7 Å². The van der Waals surface area contributed by atoms with Crippen LogP contribution in [0.5, 0.6) is 5.88 Å². The predicted molar refractivity (Wildman–Crippen MR) is 120 cm³/mol. The summed E-state index contributed by atoms with van der Waals surface area (Å²) in [4.78, 5) is 21.6. The molecule has 0 aliphatic carbocycles. The molecule has 34 heavy (non-hydrogen) atoms. The van der Waals surface area contributed by atoms with E-state index in [0.29, 0.717) is 39.8 Å². The van der Waals surface area contributed by atoms with E-state index in [9.17, 15) is 13.9 Å². The lowest BCUT2D eigenvalue weighted by atomic mass is 10.2. The van der Waals surface area contributed by atoms with Crippen LogP contribution < -0.4 is 10.5 Å². The summed E-state index contributed by atoms with van der Waals surface area (Å²) in [5, 5.41) is 9.41. The normalized spacial score (nSPS) is 11.3. The number of ether oxygens (including phenoxy) is 1. The molecule has 0 unspecified atom stereocenters. The average Bonchev–Trinajstić information content (AvgIpc) is 3.23. The van der Waals surface area contributed by atoms with Gasteiger partial charge in [0.05, 0.1) is 30.3 Å². The number of benzene rings is 1. The highest BCUT2D eigenvalue weighted by atomic mass is 19.3. The topological polar surface area (TPSA) is 125 Å². The average molecular weight is 461 g/mol. The van der Waals surface area contributed by atoms with Crippen LogP contribution >= 0.6 is 0 Å². The third kappa shape index (κ3) is 3.99. The Bertz CT molecular complexity index is 1460. The van der Waals surface area contributed by atoms with Crippen LogP contribution in [-0.2, 0) is 6.61 Å². The Balaban J connectivity index is 1.68. The monoisotopic (exact) mass is 461 g/mol. The molecule has 0 spiro atoms. The van der Waals surface area contributed by atoms with Crippen molar-refractivity contribution in [3.05, 3.63) is 72.7 Å². The minimum atomic E-state index is -2.99. The third-order valence-corrected chi connectivity index (χ3v) is 5.06. The lowest BCUT2D eigenvalue weighted by Gasteiger charge is -2.11. The van der Waals surface area contributed by atoms with E-state index < -0.39 is 6.61 Å². The summed E-state index contributed by atoms with van der Waals surface area (Å²) in [6.07, 6.45) is 4.01. The van der Waals surface area contributed by atoms with Crippen molar-refractivity contribution in [2.75, 3.05) is 5.73 Å². The summed E-state index contributed by atoms with van der Waals surface area (Å²) in [6.45, 7) is -3.07. The molecule has 0 saturated heterocycles. The molecule has 0 radical (unpaired) electrons. The first-order valence-electron chi connectivity index (χ1n) is 10.1. The SMILES string of the molecule is Nc1ncccc1-c1nc2ccc(-c3cnc(OC(F)F)cn3)nc2n1-c1ccc(CO)cc1. The van der Waals surface area contributed by atoms with Crippen molar-refractivity contribution in [2.24, 2.45) is 0 Å². The van der Waals surface area contributed by atoms with E-state index >= 15 is 0 Å². The molecule has 5 rings (SSSR count). The highest BCUT2D eigenvalue weighted by Crippen LogP contribution is 2.31. The zero-order valence-electron chi connectivity index (χ0n) is 17.5. The second kappa shape index (κ2) is 8.79. The molecule has 0 aliphatic heterocycles. The summed E-state index contributed by atoms with van der Waals surface area (Å²) < 4.78 is 30.9. The number of alkyl halides is 2. The summed E-state index contributed by atoms with van der Waals surface area (Å²) >= 11 is 0. The predicted octanol–water partition coefficient (Wildman–Crippen LogP) is 3.62. The number of fused-ring (bicyclic) bond motifs is 1. The molecule has 3 N–H and O–H groups in total. The molecule has 9 nitrogen and oxygen atoms in total. The molecular formula is C23H17F2N7O2. The van der Waals surface area contributed by atoms with E-state index in [2.05, 4.69) is 19.7 Å². The number of nitrogens with two attached hydrogens (primary N) is 1. The number of nitrogen functional groups attached to an aromatic ring is 1. The van der Waals surface area contributed by atoms with Crippen LogP contribution in [0.2, 0.25) is 0 Å². The second-order valence-electron chi connectivity index (χ2n) is 7.19. The Morgan fingerprint density at radius 3 is 2.44 bits per heavy atom. The fourth-order valence-electron chi connectivity index (χ4n) is 3.48. The smallest absolute Gasteiger partial charge is 0.388 e. The van der Waals surface area contributed by atoms with Crippen molar-refractivity contribution in [1.82, 2.24) is 29.5 Å². The summed E-state index contributed by atoms with van der Waals surface area (Å²) in [6, 6.07) is 14.3. The van der Waals surface area contributed by atoms with E-state index in [0.717, 1.165) is 17.4 Å². The van der Waals surface area contributed by atoms with Gasteiger partial charge in [-0.3, -0.25) is 4.57 Å². The van der Waals surface area contributed by atoms with Gasteiger partial charge in [0.1, 0.15) is 17.0 Å². The third-order valence-electron chi connectivity index (χ3n) is 5.06. The lowest BCUT2D eigenvalue weighted by molar-refractivity contribution is -0.0530. The highest BCUT2D eigenvalue weighted by Gasteiger charge is 2.19. The van der Waals surface area contributed by atoms with Gasteiger partial charge < -0.3 is 15.6 Å². The Hall–Kier alpha value is -4.51. The number of aliphatic hydroxyl groups excluding tert-OH is 1. The molecule has 11 heteroatoms. The summed E-state index contributed by atoms with van der Waals surface area (Å²) in [7, 11) is 0. The maximum absolute atomic E-state index is 12.4. The molecule has 0 aliphatic rings. The Labute approximate surface area is 191 Å². The highest BCUT2D eigenvalue weighted by molar-refractivity contribution is 5.84. The zero-order chi connectivity index (χ0) is 23.7. The second-order valence-corrected chi connectivity index (χ2v) is 7.19. The van der Waals surface area contributed by atoms with Gasteiger partial charge in [-0.25, -0.2) is 24.9 Å². The lowest BCUT2D eigenvalue weighted by Crippen LogP contribution is -2.04. The van der Waals surface area contributed by atoms with Gasteiger partial charge in [0.15, 0.2) is 11.5 Å². The van der Waals surface area contributed by atoms with Crippen LogP contribution in [0.25, 0.3) is 39.6 Å². The first-order chi connectivity index (χ1) is 16.5. The summed E-state index contributed by atoms with van der Waals surface area (Å²) in [5.74, 6) is 0.559. The van der Waals surface area contributed by atoms with Crippen molar-refractivity contribution in [2.45, 2.75) is 13.2 Å². The molecule has 0 bridgehead atoms. The van der Waals surface area contributed by atoms with Gasteiger partial charge in [-0.1, -0.05) is 12.1 Å². The number of rotatable bonds is 6. The van der Waals surface area contributed by atoms with E-state index in [1.165, 1.54) is 6.20 Å². The van der Waals surface area contributed by atoms with Crippen LogP contribution in [0, 0.1) is 0 Å². The number of halogens is 2. The standard InChI is InChI=1S/C23H17F2N7O2/c24-23(25)34-19-11-28-18(10-29-19)16-7-8-17-22(30-16)32(14-5-3-13(12-33)4-6-14)21(31-17)15-2-1-9-27-20(15)26/h1-11,23,33H,12H2,(H2,26,27). The Morgan fingerprint density at radius 2 is 1.76 bits per heavy atom. The molecule has 1 aromatic carbocycles. The first-order valence-corrected chi connectivity index (χ1v) is 10.1. The number of pyridine rings is 2. The van der Waals surface area contributed by atoms with Gasteiger partial charge in [0, 0.05) is 11.9 Å². The Kier molecular flexibility index (Phi) is 5.52. The largest absolute Gasteiger partial charge is 0.415 e. The molecule has 170 valence electrons. The van der Waals surface area contributed by atoms with Crippen molar-refractivity contribution in [1.29, 1.82) is 0 Å². The first kappa shape index (κ1) is 21.3. The number of imidazole rings is 1. The summed E-state index contributed by atoms with van der Waals surface area (Å²) in [5.41, 5.74) is 10.2. The molecular weight excluding hydrogens is 444 g/mol. The zero-order valence-corrected chi connectivity index (χ0v) is 17.5. The van der Waals surface area contributed by atoms with Gasteiger partial charge >= 0.3 is 6.61 Å². The molecule has 0 saturated carbocycles. The molecule has 0 fully saturated rings. The van der Waals surface area contributed by atoms with Crippen LogP contribution in [0.3, 0.4) is 0 Å². The van der Waals surface area contributed by atoms with Crippen molar-refractivity contribution >= 4 is 17.0 Å². The van der Waals surface area contributed by atoms with Gasteiger partial charge in [-0.15, -0.1) is 0 Å². The number of hydrogen-bond donors (Lipinski definition) is 2. The molecule has 0 atom stereocenters. The minimum absolute atomic E-state index is 0.0836. The number of hydrogen-bond acceptors (Lipinski definition) is 8. The number of anilines is 1. The molecule has 0 amide bonds. The fourth-order valence-corrected chi connectivity index (χ4v) is 3.48. The van der Waals surface area contributed by atoms with Crippen molar-refractivity contribution in [3.8, 4) is 34.3 Å². The van der Waals surface area contributed by atoms with Gasteiger partial charge in [0.2, 0.25) is 5.88 Å². The quantitative estimate of drug-likeness (QED) is 0.393. The Morgan fingerprint density at radius 1 is 0.941 bits per heavy atom. The number of aliphatic hydroxyl groups is 1. The van der Waals surface area contributed by atoms with Crippen molar-refractivity contribution in [3.63, 3.8) is 0 Å². The molecule has 5 aromatic rings. The van der Waals surface area contributed by atoms with Crippen LogP contribution in [-0.4, -0.2) is 41.2 Å². The van der Waals surface area contributed by atoms with E-state index in [1.54, 1.807) is 36.5 Å². The number of aromatic nitrogens is 6. The van der Waals surface area contributed by atoms with Crippen LogP contribution in [0.4, 0.5) is 14.6 Å². The van der Waals surface area contributed by atoms with Crippen molar-refractivity contribution < 1.29 is 18.6 Å². The van der Waals surface area contributed by atoms with Gasteiger partial charge in [-0.2, -0.15) is 8.78 Å².